The van der Waals surface area contributed by atoms with Gasteiger partial charge >= 0.3 is 0 Å². The molecule has 21 heavy (non-hydrogen) atoms. The van der Waals surface area contributed by atoms with Crippen molar-refractivity contribution in [3.05, 3.63) is 23.4 Å². The predicted octanol–water partition coefficient (Wildman–Crippen LogP) is 1.83. The third-order valence-corrected chi connectivity index (χ3v) is 4.07. The molecule has 2 rings (SSSR count). The van der Waals surface area contributed by atoms with Crippen molar-refractivity contribution in [1.82, 2.24) is 15.2 Å². The van der Waals surface area contributed by atoms with Gasteiger partial charge in [-0.15, -0.1) is 0 Å². The molecule has 2 heterocycles. The number of rotatable bonds is 6. The fourth-order valence-corrected chi connectivity index (χ4v) is 2.98. The molecule has 0 aromatic carbocycles. The number of aryl methyl sites for hydroxylation is 1. The first-order valence-electron chi connectivity index (χ1n) is 7.92. The number of anilines is 1. The first-order chi connectivity index (χ1) is 10.1. The van der Waals surface area contributed by atoms with E-state index < -0.39 is 0 Å². The van der Waals surface area contributed by atoms with Crippen molar-refractivity contribution in [2.24, 2.45) is 0 Å². The van der Waals surface area contributed by atoms with E-state index in [1.54, 1.807) is 6.07 Å². The first kappa shape index (κ1) is 15.8. The second kappa shape index (κ2) is 7.41. The number of nitrogens with two attached hydrogens (primary N) is 1. The van der Waals surface area contributed by atoms with Crippen LogP contribution < -0.4 is 11.1 Å². The molecule has 0 radical (unpaired) electrons. The molecular weight excluding hydrogens is 264 g/mol. The van der Waals surface area contributed by atoms with Crippen molar-refractivity contribution in [2.45, 2.75) is 45.6 Å². The van der Waals surface area contributed by atoms with E-state index in [1.807, 2.05) is 6.07 Å². The number of carbonyl (C=O) groups is 1. The zero-order valence-corrected chi connectivity index (χ0v) is 13.1. The van der Waals surface area contributed by atoms with E-state index in [-0.39, 0.29) is 5.91 Å². The molecule has 1 atom stereocenters. The van der Waals surface area contributed by atoms with Crippen LogP contribution in [0.25, 0.3) is 0 Å². The second-order valence-electron chi connectivity index (χ2n) is 5.66. The molecule has 1 fully saturated rings. The van der Waals surface area contributed by atoms with Gasteiger partial charge in [-0.2, -0.15) is 0 Å². The molecule has 5 nitrogen and oxygen atoms in total. The standard InChI is InChI=1S/C16H26N4O/c1-3-6-13-9-12(10-15(17)19-13)16(21)18-11-14-7-5-8-20(14)4-2/h9-10,14H,3-8,11H2,1-2H3,(H2,17,19)(H,18,21). The Kier molecular flexibility index (Phi) is 5.56. The van der Waals surface area contributed by atoms with Crippen LogP contribution in [0.15, 0.2) is 12.1 Å². The molecule has 0 aliphatic carbocycles. The molecule has 1 aromatic rings. The molecule has 116 valence electrons. The van der Waals surface area contributed by atoms with Crippen LogP contribution in [0.2, 0.25) is 0 Å². The summed E-state index contributed by atoms with van der Waals surface area (Å²) in [5.74, 6) is 0.367. The average molecular weight is 290 g/mol. The molecule has 1 aromatic heterocycles. The van der Waals surface area contributed by atoms with Gasteiger partial charge in [0.05, 0.1) is 0 Å². The fraction of sp³-hybridized carbons (Fsp3) is 0.625. The van der Waals surface area contributed by atoms with Gasteiger partial charge < -0.3 is 11.1 Å². The van der Waals surface area contributed by atoms with Crippen LogP contribution in [0.4, 0.5) is 5.82 Å². The van der Waals surface area contributed by atoms with Crippen LogP contribution >= 0.6 is 0 Å². The lowest BCUT2D eigenvalue weighted by atomic mass is 10.1. The third-order valence-electron chi connectivity index (χ3n) is 4.07. The molecular formula is C16H26N4O. The van der Waals surface area contributed by atoms with Gasteiger partial charge in [0.25, 0.3) is 5.91 Å². The van der Waals surface area contributed by atoms with Gasteiger partial charge in [-0.1, -0.05) is 20.3 Å². The summed E-state index contributed by atoms with van der Waals surface area (Å²) in [7, 11) is 0. The number of carbonyl (C=O) groups excluding carboxylic acids is 1. The van der Waals surface area contributed by atoms with Gasteiger partial charge in [-0.25, -0.2) is 4.98 Å². The van der Waals surface area contributed by atoms with Crippen LogP contribution in [0, 0.1) is 0 Å². The lowest BCUT2D eigenvalue weighted by molar-refractivity contribution is 0.0941. The second-order valence-corrected chi connectivity index (χ2v) is 5.66. The SMILES string of the molecule is CCCc1cc(C(=O)NCC2CCCN2CC)cc(N)n1. The summed E-state index contributed by atoms with van der Waals surface area (Å²) in [6.07, 6.45) is 4.22. The number of pyridine rings is 1. The van der Waals surface area contributed by atoms with Crippen molar-refractivity contribution in [3.63, 3.8) is 0 Å². The molecule has 0 saturated carbocycles. The van der Waals surface area contributed by atoms with E-state index in [4.69, 9.17) is 5.73 Å². The Morgan fingerprint density at radius 3 is 3.00 bits per heavy atom. The van der Waals surface area contributed by atoms with E-state index in [9.17, 15) is 4.79 Å². The number of nitrogens with one attached hydrogen (secondary N) is 1. The van der Waals surface area contributed by atoms with Gasteiger partial charge in [0.1, 0.15) is 5.82 Å². The molecule has 1 saturated heterocycles. The van der Waals surface area contributed by atoms with E-state index >= 15 is 0 Å². The number of likely N-dealkylation sites (N-methyl/N-ethyl adjacent to an activating group) is 1. The average Bonchev–Trinajstić information content (AvgIpc) is 2.92. The number of hydrogen-bond donors (Lipinski definition) is 2. The maximum absolute atomic E-state index is 12.3. The third kappa shape index (κ3) is 4.17. The summed E-state index contributed by atoms with van der Waals surface area (Å²) in [5, 5.41) is 3.04. The van der Waals surface area contributed by atoms with E-state index in [2.05, 4.69) is 29.0 Å². The molecule has 0 spiro atoms. The number of likely N-dealkylation sites (tertiary alicyclic amines) is 1. The number of amides is 1. The Morgan fingerprint density at radius 2 is 2.29 bits per heavy atom. The Morgan fingerprint density at radius 1 is 1.48 bits per heavy atom. The highest BCUT2D eigenvalue weighted by Gasteiger charge is 2.23. The first-order valence-corrected chi connectivity index (χ1v) is 7.92. The van der Waals surface area contributed by atoms with Gasteiger partial charge in [0, 0.05) is 23.8 Å². The number of nitrogen functional groups attached to an aromatic ring is 1. The normalized spacial score (nSPS) is 18.9. The van der Waals surface area contributed by atoms with Crippen molar-refractivity contribution in [3.8, 4) is 0 Å². The number of hydrogen-bond acceptors (Lipinski definition) is 4. The van der Waals surface area contributed by atoms with Crippen molar-refractivity contribution in [1.29, 1.82) is 0 Å². The molecule has 1 amide bonds. The predicted molar refractivity (Wildman–Crippen MR) is 85.2 cm³/mol. The van der Waals surface area contributed by atoms with Gasteiger partial charge in [-0.05, 0) is 44.5 Å². The zero-order chi connectivity index (χ0) is 15.2. The minimum atomic E-state index is -0.0515. The van der Waals surface area contributed by atoms with Crippen LogP contribution in [-0.4, -0.2) is 41.5 Å². The quantitative estimate of drug-likeness (QED) is 0.838. The summed E-state index contributed by atoms with van der Waals surface area (Å²) in [4.78, 5) is 19.0. The Bertz CT molecular complexity index is 489. The summed E-state index contributed by atoms with van der Waals surface area (Å²) >= 11 is 0. The van der Waals surface area contributed by atoms with Crippen molar-refractivity contribution < 1.29 is 4.79 Å². The minimum absolute atomic E-state index is 0.0515. The molecule has 1 aliphatic rings. The highest BCUT2D eigenvalue weighted by molar-refractivity contribution is 5.94. The topological polar surface area (TPSA) is 71.2 Å². The Balaban J connectivity index is 1.96. The Hall–Kier alpha value is -1.62. The van der Waals surface area contributed by atoms with Gasteiger partial charge in [0.15, 0.2) is 0 Å². The lowest BCUT2D eigenvalue weighted by Crippen LogP contribution is -2.40. The minimum Gasteiger partial charge on any atom is -0.384 e. The highest BCUT2D eigenvalue weighted by atomic mass is 16.1. The monoisotopic (exact) mass is 290 g/mol. The van der Waals surface area contributed by atoms with Crippen molar-refractivity contribution >= 4 is 11.7 Å². The summed E-state index contributed by atoms with van der Waals surface area (Å²) in [5.41, 5.74) is 7.30. The molecule has 1 aliphatic heterocycles. The van der Waals surface area contributed by atoms with E-state index in [0.29, 0.717) is 24.0 Å². The van der Waals surface area contributed by atoms with Crippen LogP contribution in [0.3, 0.4) is 0 Å². The smallest absolute Gasteiger partial charge is 0.251 e. The van der Waals surface area contributed by atoms with Crippen LogP contribution in [0.1, 0.15) is 49.2 Å². The van der Waals surface area contributed by atoms with Crippen molar-refractivity contribution in [2.75, 3.05) is 25.4 Å². The lowest BCUT2D eigenvalue weighted by Gasteiger charge is -2.22. The fourth-order valence-electron chi connectivity index (χ4n) is 2.98. The van der Waals surface area contributed by atoms with Crippen LogP contribution in [0.5, 0.6) is 0 Å². The largest absolute Gasteiger partial charge is 0.384 e. The Labute approximate surface area is 126 Å². The summed E-state index contributed by atoms with van der Waals surface area (Å²) < 4.78 is 0. The number of aromatic nitrogens is 1. The molecule has 1 unspecified atom stereocenters. The maximum atomic E-state index is 12.3. The molecule has 3 N–H and O–H groups in total. The van der Waals surface area contributed by atoms with Gasteiger partial charge in [0.2, 0.25) is 0 Å². The highest BCUT2D eigenvalue weighted by Crippen LogP contribution is 2.16. The van der Waals surface area contributed by atoms with Crippen LogP contribution in [-0.2, 0) is 6.42 Å². The maximum Gasteiger partial charge on any atom is 0.251 e. The molecule has 5 heteroatoms. The summed E-state index contributed by atoms with van der Waals surface area (Å²) in [6.45, 7) is 7.14. The van der Waals surface area contributed by atoms with Gasteiger partial charge in [-0.3, -0.25) is 9.69 Å². The molecule has 0 bridgehead atoms. The van der Waals surface area contributed by atoms with E-state index in [1.165, 1.54) is 6.42 Å². The summed E-state index contributed by atoms with van der Waals surface area (Å²) in [6, 6.07) is 3.97. The zero-order valence-electron chi connectivity index (χ0n) is 13.1. The van der Waals surface area contributed by atoms with E-state index in [0.717, 1.165) is 38.0 Å². The number of nitrogens with zero attached hydrogens (tertiary/aromatic N) is 2.